The summed E-state index contributed by atoms with van der Waals surface area (Å²) in [7, 11) is 0. The molecule has 0 radical (unpaired) electrons. The predicted octanol–water partition coefficient (Wildman–Crippen LogP) is 2.27. The maximum Gasteiger partial charge on any atom is 0.247 e. The lowest BCUT2D eigenvalue weighted by molar-refractivity contribution is -0.121. The van der Waals surface area contributed by atoms with Crippen LogP contribution in [0.3, 0.4) is 0 Å². The molecule has 2 aromatic rings. The Bertz CT molecular complexity index is 656. The molecule has 1 fully saturated rings. The van der Waals surface area contributed by atoms with Crippen LogP contribution < -0.4 is 5.32 Å². The van der Waals surface area contributed by atoms with Gasteiger partial charge in [0.1, 0.15) is 0 Å². The summed E-state index contributed by atoms with van der Waals surface area (Å²) >= 11 is 0. The Morgan fingerprint density at radius 1 is 1.33 bits per heavy atom. The van der Waals surface area contributed by atoms with Gasteiger partial charge in [-0.05, 0) is 38.1 Å². The van der Waals surface area contributed by atoms with Gasteiger partial charge in [0, 0.05) is 31.0 Å². The van der Waals surface area contributed by atoms with Crippen molar-refractivity contribution in [1.82, 2.24) is 20.4 Å². The molecule has 1 aromatic heterocycles. The summed E-state index contributed by atoms with van der Waals surface area (Å²) in [5.41, 5.74) is 0.890. The van der Waals surface area contributed by atoms with Crippen LogP contribution in [0.2, 0.25) is 0 Å². The molecule has 6 heteroatoms. The van der Waals surface area contributed by atoms with Crippen LogP contribution in [0.25, 0.3) is 11.5 Å². The van der Waals surface area contributed by atoms with Gasteiger partial charge in [-0.2, -0.15) is 0 Å². The van der Waals surface area contributed by atoms with E-state index in [1.54, 1.807) is 0 Å². The summed E-state index contributed by atoms with van der Waals surface area (Å²) in [6.07, 6.45) is 3.22. The van der Waals surface area contributed by atoms with Crippen molar-refractivity contribution in [1.29, 1.82) is 0 Å². The van der Waals surface area contributed by atoms with Gasteiger partial charge in [0.2, 0.25) is 17.7 Å². The Morgan fingerprint density at radius 2 is 2.17 bits per heavy atom. The van der Waals surface area contributed by atoms with Gasteiger partial charge in [0.15, 0.2) is 0 Å². The molecule has 24 heavy (non-hydrogen) atoms. The second-order valence-corrected chi connectivity index (χ2v) is 6.10. The van der Waals surface area contributed by atoms with Crippen molar-refractivity contribution in [2.24, 2.45) is 0 Å². The Hall–Kier alpha value is -2.21. The Balaban J connectivity index is 1.44. The zero-order valence-corrected chi connectivity index (χ0v) is 14.1. The van der Waals surface area contributed by atoms with Crippen molar-refractivity contribution in [3.05, 3.63) is 36.2 Å². The number of amides is 1. The van der Waals surface area contributed by atoms with Gasteiger partial charge in [-0.1, -0.05) is 25.1 Å². The molecule has 0 bridgehead atoms. The topological polar surface area (TPSA) is 71.3 Å². The van der Waals surface area contributed by atoms with E-state index in [-0.39, 0.29) is 5.91 Å². The highest BCUT2D eigenvalue weighted by molar-refractivity contribution is 5.76. The van der Waals surface area contributed by atoms with Gasteiger partial charge in [0.05, 0.1) is 0 Å². The monoisotopic (exact) mass is 328 g/mol. The van der Waals surface area contributed by atoms with E-state index in [9.17, 15) is 4.79 Å². The van der Waals surface area contributed by atoms with Crippen molar-refractivity contribution in [2.45, 2.75) is 38.6 Å². The van der Waals surface area contributed by atoms with E-state index in [4.69, 9.17) is 4.42 Å². The number of likely N-dealkylation sites (tertiary alicyclic amines) is 1. The van der Waals surface area contributed by atoms with E-state index in [1.807, 2.05) is 30.3 Å². The molecule has 1 aliphatic rings. The minimum atomic E-state index is 0.0393. The number of carbonyl (C=O) groups excluding carboxylic acids is 1. The Labute approximate surface area is 142 Å². The van der Waals surface area contributed by atoms with Crippen LogP contribution >= 0.6 is 0 Å². The van der Waals surface area contributed by atoms with E-state index in [1.165, 1.54) is 6.42 Å². The molecule has 2 heterocycles. The number of likely N-dealkylation sites (N-methyl/N-ethyl adjacent to an activating group) is 1. The molecule has 1 N–H and O–H groups in total. The fourth-order valence-electron chi connectivity index (χ4n) is 3.14. The van der Waals surface area contributed by atoms with Crippen molar-refractivity contribution in [3.8, 4) is 11.5 Å². The number of nitrogens with zero attached hydrogens (tertiary/aromatic N) is 3. The number of benzene rings is 1. The molecule has 1 amide bonds. The number of aromatic nitrogens is 2. The van der Waals surface area contributed by atoms with Gasteiger partial charge in [0.25, 0.3) is 0 Å². The first-order valence-corrected chi connectivity index (χ1v) is 8.65. The molecule has 0 saturated carbocycles. The summed E-state index contributed by atoms with van der Waals surface area (Å²) in [5.74, 6) is 1.04. The fourth-order valence-corrected chi connectivity index (χ4v) is 3.14. The van der Waals surface area contributed by atoms with Crippen LogP contribution in [0, 0.1) is 0 Å². The lowest BCUT2D eigenvalue weighted by atomic mass is 10.2. The molecule has 1 atom stereocenters. The zero-order chi connectivity index (χ0) is 16.8. The summed E-state index contributed by atoms with van der Waals surface area (Å²) in [6, 6.07) is 10.1. The number of aryl methyl sites for hydroxylation is 1. The number of hydrogen-bond donors (Lipinski definition) is 1. The highest BCUT2D eigenvalue weighted by Crippen LogP contribution is 2.18. The van der Waals surface area contributed by atoms with Crippen molar-refractivity contribution >= 4 is 5.91 Å². The first kappa shape index (κ1) is 16.6. The third-order valence-corrected chi connectivity index (χ3v) is 4.49. The van der Waals surface area contributed by atoms with E-state index < -0.39 is 0 Å². The zero-order valence-electron chi connectivity index (χ0n) is 14.1. The van der Waals surface area contributed by atoms with Crippen molar-refractivity contribution in [2.75, 3.05) is 19.6 Å². The number of rotatable bonds is 7. The highest BCUT2D eigenvalue weighted by Gasteiger charge is 2.23. The van der Waals surface area contributed by atoms with Gasteiger partial charge >= 0.3 is 0 Å². The van der Waals surface area contributed by atoms with Gasteiger partial charge < -0.3 is 9.73 Å². The first-order chi connectivity index (χ1) is 11.8. The number of hydrogen-bond acceptors (Lipinski definition) is 5. The Morgan fingerprint density at radius 3 is 2.96 bits per heavy atom. The fraction of sp³-hybridized carbons (Fsp3) is 0.500. The molecular weight excluding hydrogens is 304 g/mol. The standard InChI is InChI=1S/C18H24N4O2/c1-2-22-12-6-9-15(22)13-19-16(23)10-11-17-20-21-18(24-17)14-7-4-3-5-8-14/h3-5,7-8,15H,2,6,9-13H2,1H3,(H,19,23). The van der Waals surface area contributed by atoms with Crippen LogP contribution in [0.5, 0.6) is 0 Å². The van der Waals surface area contributed by atoms with Crippen molar-refractivity contribution < 1.29 is 9.21 Å². The van der Waals surface area contributed by atoms with E-state index >= 15 is 0 Å². The van der Waals surface area contributed by atoms with Crippen LogP contribution in [-0.4, -0.2) is 46.7 Å². The van der Waals surface area contributed by atoms with Gasteiger partial charge in [-0.15, -0.1) is 10.2 Å². The maximum atomic E-state index is 12.0. The summed E-state index contributed by atoms with van der Waals surface area (Å²) < 4.78 is 5.62. The molecule has 128 valence electrons. The summed E-state index contributed by atoms with van der Waals surface area (Å²) in [5, 5.41) is 11.1. The normalized spacial score (nSPS) is 18.0. The van der Waals surface area contributed by atoms with Crippen LogP contribution in [0.1, 0.15) is 32.1 Å². The molecule has 6 nitrogen and oxygen atoms in total. The number of carbonyl (C=O) groups is 1. The SMILES string of the molecule is CCN1CCCC1CNC(=O)CCc1nnc(-c2ccccc2)o1. The molecule has 1 saturated heterocycles. The third kappa shape index (κ3) is 4.20. The lowest BCUT2D eigenvalue weighted by Crippen LogP contribution is -2.40. The van der Waals surface area contributed by atoms with E-state index in [0.29, 0.717) is 30.7 Å². The summed E-state index contributed by atoms with van der Waals surface area (Å²) in [4.78, 5) is 14.4. The van der Waals surface area contributed by atoms with Crippen LogP contribution in [0.15, 0.2) is 34.7 Å². The molecule has 1 aromatic carbocycles. The predicted molar refractivity (Wildman–Crippen MR) is 91.3 cm³/mol. The van der Waals surface area contributed by atoms with Crippen LogP contribution in [0.4, 0.5) is 0 Å². The minimum absolute atomic E-state index is 0.0393. The summed E-state index contributed by atoms with van der Waals surface area (Å²) in [6.45, 7) is 5.08. The molecule has 0 spiro atoms. The smallest absolute Gasteiger partial charge is 0.247 e. The second-order valence-electron chi connectivity index (χ2n) is 6.10. The number of nitrogens with one attached hydrogen (secondary N) is 1. The largest absolute Gasteiger partial charge is 0.421 e. The highest BCUT2D eigenvalue weighted by atomic mass is 16.4. The van der Waals surface area contributed by atoms with Crippen molar-refractivity contribution in [3.63, 3.8) is 0 Å². The average molecular weight is 328 g/mol. The Kier molecular flexibility index (Phi) is 5.59. The molecular formula is C18H24N4O2. The third-order valence-electron chi connectivity index (χ3n) is 4.49. The van der Waals surface area contributed by atoms with E-state index in [2.05, 4.69) is 27.3 Å². The average Bonchev–Trinajstić information content (AvgIpc) is 3.28. The quantitative estimate of drug-likeness (QED) is 0.844. The molecule has 1 unspecified atom stereocenters. The van der Waals surface area contributed by atoms with Crippen LogP contribution in [-0.2, 0) is 11.2 Å². The first-order valence-electron chi connectivity index (χ1n) is 8.65. The maximum absolute atomic E-state index is 12.0. The second kappa shape index (κ2) is 8.06. The molecule has 0 aliphatic carbocycles. The molecule has 3 rings (SSSR count). The van der Waals surface area contributed by atoms with Gasteiger partial charge in [-0.3, -0.25) is 9.69 Å². The lowest BCUT2D eigenvalue weighted by Gasteiger charge is -2.22. The minimum Gasteiger partial charge on any atom is -0.421 e. The van der Waals surface area contributed by atoms with Gasteiger partial charge in [-0.25, -0.2) is 0 Å². The molecule has 1 aliphatic heterocycles. The van der Waals surface area contributed by atoms with E-state index in [0.717, 1.165) is 31.6 Å².